The van der Waals surface area contributed by atoms with Crippen molar-refractivity contribution in [2.24, 2.45) is 5.92 Å². The molecule has 2 heterocycles. The summed E-state index contributed by atoms with van der Waals surface area (Å²) < 4.78 is 0. The molecule has 0 aromatic carbocycles. The summed E-state index contributed by atoms with van der Waals surface area (Å²) in [6.45, 7) is 7.58. The van der Waals surface area contributed by atoms with Crippen LogP contribution in [-0.4, -0.2) is 23.5 Å². The highest BCUT2D eigenvalue weighted by Gasteiger charge is 2.38. The van der Waals surface area contributed by atoms with Crippen LogP contribution in [0, 0.1) is 5.92 Å². The summed E-state index contributed by atoms with van der Waals surface area (Å²) in [6, 6.07) is 1.74. The Morgan fingerprint density at radius 3 is 2.93 bits per heavy atom. The smallest absolute Gasteiger partial charge is 0.0133 e. The van der Waals surface area contributed by atoms with Crippen molar-refractivity contribution in [2.75, 3.05) is 6.54 Å². The summed E-state index contributed by atoms with van der Waals surface area (Å²) >= 11 is 0. The molecule has 0 bridgehead atoms. The van der Waals surface area contributed by atoms with Crippen LogP contribution in [0.1, 0.15) is 45.4 Å². The van der Waals surface area contributed by atoms with E-state index in [0.717, 1.165) is 18.0 Å². The highest BCUT2D eigenvalue weighted by atomic mass is 15.2. The molecule has 0 aromatic heterocycles. The van der Waals surface area contributed by atoms with Crippen molar-refractivity contribution in [1.29, 1.82) is 0 Å². The lowest BCUT2D eigenvalue weighted by Gasteiger charge is -2.42. The Balaban J connectivity index is 2.03. The van der Waals surface area contributed by atoms with Gasteiger partial charge in [0.25, 0.3) is 0 Å². The summed E-state index contributed by atoms with van der Waals surface area (Å²) in [5.74, 6) is 0.985. The normalized spacial score (nSPS) is 38.2. The quantitative estimate of drug-likeness (QED) is 0.622. The first kappa shape index (κ1) is 10.2. The summed E-state index contributed by atoms with van der Waals surface area (Å²) in [5.41, 5.74) is 0. The summed E-state index contributed by atoms with van der Waals surface area (Å²) in [6.07, 6.45) is 10.4. The zero-order valence-corrected chi connectivity index (χ0v) is 9.41. The second kappa shape index (κ2) is 4.48. The fraction of sp³-hybridized carbons (Fsp3) is 0.846. The van der Waals surface area contributed by atoms with Gasteiger partial charge < -0.3 is 0 Å². The lowest BCUT2D eigenvalue weighted by molar-refractivity contribution is 0.0735. The molecule has 0 N–H and O–H groups in total. The molecule has 2 aliphatic heterocycles. The molecule has 3 atom stereocenters. The summed E-state index contributed by atoms with van der Waals surface area (Å²) in [4.78, 5) is 2.78. The number of fused-ring (bicyclic) bond motifs is 1. The van der Waals surface area contributed by atoms with Gasteiger partial charge in [0.2, 0.25) is 0 Å². The lowest BCUT2D eigenvalue weighted by atomic mass is 9.83. The predicted octanol–water partition coefficient (Wildman–Crippen LogP) is 3.22. The minimum atomic E-state index is 0.822. The van der Waals surface area contributed by atoms with Gasteiger partial charge in [0.05, 0.1) is 0 Å². The molecule has 2 aliphatic rings. The predicted molar refractivity (Wildman–Crippen MR) is 61.3 cm³/mol. The summed E-state index contributed by atoms with van der Waals surface area (Å²) in [7, 11) is 0. The number of nitrogens with zero attached hydrogens (tertiary/aromatic N) is 1. The van der Waals surface area contributed by atoms with Crippen LogP contribution in [0.15, 0.2) is 12.7 Å². The third-order valence-electron chi connectivity index (χ3n) is 4.19. The minimum Gasteiger partial charge on any atom is -0.297 e. The number of hydrogen-bond donors (Lipinski definition) is 0. The maximum atomic E-state index is 3.88. The zero-order chi connectivity index (χ0) is 9.97. The van der Waals surface area contributed by atoms with E-state index in [4.69, 9.17) is 0 Å². The lowest BCUT2D eigenvalue weighted by Crippen LogP contribution is -2.46. The number of rotatable bonds is 3. The van der Waals surface area contributed by atoms with E-state index in [2.05, 4.69) is 24.5 Å². The van der Waals surface area contributed by atoms with Gasteiger partial charge in [0.15, 0.2) is 0 Å². The van der Waals surface area contributed by atoms with Gasteiger partial charge in [-0.05, 0) is 44.6 Å². The van der Waals surface area contributed by atoms with Crippen molar-refractivity contribution in [2.45, 2.75) is 57.5 Å². The number of piperidine rings is 1. The molecule has 0 aliphatic carbocycles. The van der Waals surface area contributed by atoms with E-state index in [1.807, 2.05) is 0 Å². The monoisotopic (exact) mass is 193 g/mol. The van der Waals surface area contributed by atoms with Crippen LogP contribution in [0.4, 0.5) is 0 Å². The van der Waals surface area contributed by atoms with Gasteiger partial charge in [-0.1, -0.05) is 19.4 Å². The molecule has 2 saturated heterocycles. The Labute approximate surface area is 88.2 Å². The first-order valence-electron chi connectivity index (χ1n) is 6.23. The Bertz CT molecular complexity index is 199. The van der Waals surface area contributed by atoms with Gasteiger partial charge in [-0.25, -0.2) is 0 Å². The van der Waals surface area contributed by atoms with Crippen molar-refractivity contribution in [3.8, 4) is 0 Å². The van der Waals surface area contributed by atoms with Gasteiger partial charge in [-0.2, -0.15) is 0 Å². The first-order chi connectivity index (χ1) is 6.86. The van der Waals surface area contributed by atoms with E-state index in [1.54, 1.807) is 0 Å². The van der Waals surface area contributed by atoms with E-state index in [1.165, 1.54) is 45.1 Å². The van der Waals surface area contributed by atoms with E-state index < -0.39 is 0 Å². The first-order valence-corrected chi connectivity index (χ1v) is 6.23. The zero-order valence-electron chi connectivity index (χ0n) is 9.41. The molecule has 0 aromatic rings. The molecule has 1 nitrogen and oxygen atoms in total. The molecular weight excluding hydrogens is 170 g/mol. The van der Waals surface area contributed by atoms with Crippen molar-refractivity contribution < 1.29 is 0 Å². The summed E-state index contributed by atoms with van der Waals surface area (Å²) in [5, 5.41) is 0. The molecule has 14 heavy (non-hydrogen) atoms. The molecule has 3 unspecified atom stereocenters. The van der Waals surface area contributed by atoms with Gasteiger partial charge >= 0.3 is 0 Å². The average Bonchev–Trinajstić information content (AvgIpc) is 2.67. The molecule has 80 valence electrons. The molecule has 1 heteroatoms. The standard InChI is InChI=1S/C13H23N/c1-3-6-12-9-8-11(4-2)13-7-5-10-14(12)13/h3,11-13H,1,4-10H2,2H3. The molecular formula is C13H23N. The Hall–Kier alpha value is -0.300. The van der Waals surface area contributed by atoms with Crippen molar-refractivity contribution >= 4 is 0 Å². The fourth-order valence-corrected chi connectivity index (χ4v) is 3.46. The minimum absolute atomic E-state index is 0.822. The third-order valence-corrected chi connectivity index (χ3v) is 4.19. The van der Waals surface area contributed by atoms with Gasteiger partial charge in [-0.3, -0.25) is 4.90 Å². The van der Waals surface area contributed by atoms with Gasteiger partial charge in [0, 0.05) is 12.1 Å². The second-order valence-electron chi connectivity index (χ2n) is 4.87. The average molecular weight is 193 g/mol. The molecule has 0 spiro atoms. The second-order valence-corrected chi connectivity index (χ2v) is 4.87. The maximum Gasteiger partial charge on any atom is 0.0133 e. The largest absolute Gasteiger partial charge is 0.297 e. The van der Waals surface area contributed by atoms with E-state index in [-0.39, 0.29) is 0 Å². The third kappa shape index (κ3) is 1.75. The van der Waals surface area contributed by atoms with Crippen LogP contribution in [-0.2, 0) is 0 Å². The van der Waals surface area contributed by atoms with Crippen LogP contribution < -0.4 is 0 Å². The van der Waals surface area contributed by atoms with E-state index >= 15 is 0 Å². The van der Waals surface area contributed by atoms with Crippen LogP contribution >= 0.6 is 0 Å². The van der Waals surface area contributed by atoms with Crippen molar-refractivity contribution in [3.05, 3.63) is 12.7 Å². The van der Waals surface area contributed by atoms with E-state index in [0.29, 0.717) is 0 Å². The van der Waals surface area contributed by atoms with Gasteiger partial charge in [0.1, 0.15) is 0 Å². The molecule has 0 radical (unpaired) electrons. The highest BCUT2D eigenvalue weighted by Crippen LogP contribution is 2.37. The Kier molecular flexibility index (Phi) is 3.27. The molecule has 0 saturated carbocycles. The Morgan fingerprint density at radius 2 is 2.21 bits per heavy atom. The van der Waals surface area contributed by atoms with Crippen molar-refractivity contribution in [3.63, 3.8) is 0 Å². The SMILES string of the molecule is C=CCC1CCC(CC)C2CCCN12. The van der Waals surface area contributed by atoms with Crippen LogP contribution in [0.2, 0.25) is 0 Å². The molecule has 2 fully saturated rings. The van der Waals surface area contributed by atoms with E-state index in [9.17, 15) is 0 Å². The highest BCUT2D eigenvalue weighted by molar-refractivity contribution is 4.95. The molecule has 2 rings (SSSR count). The van der Waals surface area contributed by atoms with Crippen LogP contribution in [0.3, 0.4) is 0 Å². The maximum absolute atomic E-state index is 3.88. The topological polar surface area (TPSA) is 3.24 Å². The van der Waals surface area contributed by atoms with Crippen LogP contribution in [0.5, 0.6) is 0 Å². The van der Waals surface area contributed by atoms with Crippen LogP contribution in [0.25, 0.3) is 0 Å². The number of hydrogen-bond acceptors (Lipinski definition) is 1. The fourth-order valence-electron chi connectivity index (χ4n) is 3.46. The molecule has 0 amide bonds. The van der Waals surface area contributed by atoms with Gasteiger partial charge in [-0.15, -0.1) is 6.58 Å². The van der Waals surface area contributed by atoms with Crippen molar-refractivity contribution in [1.82, 2.24) is 4.90 Å². The Morgan fingerprint density at radius 1 is 1.36 bits per heavy atom.